The molecule has 0 aliphatic rings. The Labute approximate surface area is 96.0 Å². The molecule has 0 fully saturated rings. The van der Waals surface area contributed by atoms with Gasteiger partial charge in [-0.15, -0.1) is 0 Å². The Morgan fingerprint density at radius 1 is 1.38 bits per heavy atom. The van der Waals surface area contributed by atoms with Crippen molar-refractivity contribution in [2.24, 2.45) is 0 Å². The standard InChI is InChI=1S/C11H19N3O2/c1-15-8-9-16-7-3-6-14-11-10(12)4-2-5-13-11/h2,4-5H,3,6-9,12H2,1H3,(H,13,14). The van der Waals surface area contributed by atoms with Gasteiger partial charge in [-0.05, 0) is 18.6 Å². The number of nitrogens with two attached hydrogens (primary N) is 1. The molecule has 0 aliphatic carbocycles. The van der Waals surface area contributed by atoms with Gasteiger partial charge in [-0.2, -0.15) is 0 Å². The maximum Gasteiger partial charge on any atom is 0.149 e. The fraction of sp³-hybridized carbons (Fsp3) is 0.545. The first-order valence-electron chi connectivity index (χ1n) is 5.35. The first-order chi connectivity index (χ1) is 7.84. The van der Waals surface area contributed by atoms with Crippen LogP contribution in [0.4, 0.5) is 11.5 Å². The molecule has 16 heavy (non-hydrogen) atoms. The van der Waals surface area contributed by atoms with Gasteiger partial charge in [-0.25, -0.2) is 4.98 Å². The summed E-state index contributed by atoms with van der Waals surface area (Å²) in [5.74, 6) is 0.736. The van der Waals surface area contributed by atoms with Gasteiger partial charge in [0.25, 0.3) is 0 Å². The van der Waals surface area contributed by atoms with Crippen LogP contribution in [0.25, 0.3) is 0 Å². The second-order valence-corrected chi connectivity index (χ2v) is 3.33. The maximum absolute atomic E-state index is 5.73. The van der Waals surface area contributed by atoms with E-state index in [1.807, 2.05) is 12.1 Å². The number of anilines is 2. The van der Waals surface area contributed by atoms with Crippen molar-refractivity contribution in [3.05, 3.63) is 18.3 Å². The van der Waals surface area contributed by atoms with Crippen molar-refractivity contribution in [1.82, 2.24) is 4.98 Å². The normalized spacial score (nSPS) is 10.3. The van der Waals surface area contributed by atoms with Crippen molar-refractivity contribution in [3.63, 3.8) is 0 Å². The quantitative estimate of drug-likeness (QED) is 0.649. The van der Waals surface area contributed by atoms with E-state index in [0.29, 0.717) is 25.5 Å². The maximum atomic E-state index is 5.73. The molecule has 0 spiro atoms. The average Bonchev–Trinajstić information content (AvgIpc) is 2.30. The van der Waals surface area contributed by atoms with Crippen LogP contribution in [0, 0.1) is 0 Å². The van der Waals surface area contributed by atoms with Crippen LogP contribution in [-0.2, 0) is 9.47 Å². The summed E-state index contributed by atoms with van der Waals surface area (Å²) in [5, 5.41) is 3.16. The molecule has 0 saturated heterocycles. The Morgan fingerprint density at radius 2 is 2.25 bits per heavy atom. The van der Waals surface area contributed by atoms with E-state index in [0.717, 1.165) is 18.8 Å². The van der Waals surface area contributed by atoms with Gasteiger partial charge in [0, 0.05) is 26.5 Å². The summed E-state index contributed by atoms with van der Waals surface area (Å²) in [6, 6.07) is 3.64. The number of hydrogen-bond donors (Lipinski definition) is 2. The number of pyridine rings is 1. The lowest BCUT2D eigenvalue weighted by atomic mass is 10.4. The number of methoxy groups -OCH3 is 1. The first kappa shape index (κ1) is 12.7. The molecule has 0 bridgehead atoms. The Morgan fingerprint density at radius 3 is 3.00 bits per heavy atom. The first-order valence-corrected chi connectivity index (χ1v) is 5.35. The summed E-state index contributed by atoms with van der Waals surface area (Å²) in [6.07, 6.45) is 2.63. The van der Waals surface area contributed by atoms with Crippen LogP contribution in [-0.4, -0.2) is 38.5 Å². The van der Waals surface area contributed by atoms with Crippen molar-refractivity contribution in [2.75, 3.05) is 44.5 Å². The zero-order valence-corrected chi connectivity index (χ0v) is 9.61. The van der Waals surface area contributed by atoms with E-state index in [2.05, 4.69) is 10.3 Å². The molecule has 0 unspecified atom stereocenters. The van der Waals surface area contributed by atoms with Gasteiger partial charge in [0.2, 0.25) is 0 Å². The highest BCUT2D eigenvalue weighted by atomic mass is 16.5. The third-order valence-electron chi connectivity index (χ3n) is 2.03. The third kappa shape index (κ3) is 4.95. The topological polar surface area (TPSA) is 69.4 Å². The molecule has 5 nitrogen and oxygen atoms in total. The van der Waals surface area contributed by atoms with Crippen molar-refractivity contribution in [1.29, 1.82) is 0 Å². The molecular weight excluding hydrogens is 206 g/mol. The van der Waals surface area contributed by atoms with Crippen molar-refractivity contribution in [2.45, 2.75) is 6.42 Å². The average molecular weight is 225 g/mol. The van der Waals surface area contributed by atoms with Crippen molar-refractivity contribution < 1.29 is 9.47 Å². The molecule has 1 rings (SSSR count). The lowest BCUT2D eigenvalue weighted by molar-refractivity contribution is 0.0705. The van der Waals surface area contributed by atoms with E-state index in [1.54, 1.807) is 13.3 Å². The zero-order chi connectivity index (χ0) is 11.6. The van der Waals surface area contributed by atoms with Crippen LogP contribution >= 0.6 is 0 Å². The molecule has 0 radical (unpaired) electrons. The molecule has 5 heteroatoms. The van der Waals surface area contributed by atoms with Gasteiger partial charge in [0.1, 0.15) is 5.82 Å². The molecule has 0 aliphatic heterocycles. The summed E-state index contributed by atoms with van der Waals surface area (Å²) in [6.45, 7) is 2.79. The molecule has 1 aromatic rings. The summed E-state index contributed by atoms with van der Waals surface area (Å²) < 4.78 is 10.2. The number of rotatable bonds is 8. The number of nitrogens with one attached hydrogen (secondary N) is 1. The molecule has 0 saturated carbocycles. The minimum absolute atomic E-state index is 0.640. The summed E-state index contributed by atoms with van der Waals surface area (Å²) in [4.78, 5) is 4.13. The fourth-order valence-corrected chi connectivity index (χ4v) is 1.19. The molecule has 3 N–H and O–H groups in total. The third-order valence-corrected chi connectivity index (χ3v) is 2.03. The molecule has 0 atom stereocenters. The Hall–Kier alpha value is -1.33. The van der Waals surface area contributed by atoms with E-state index in [1.165, 1.54) is 0 Å². The summed E-state index contributed by atoms with van der Waals surface area (Å²) in [5.41, 5.74) is 6.40. The van der Waals surface area contributed by atoms with Crippen LogP contribution in [0.2, 0.25) is 0 Å². The summed E-state index contributed by atoms with van der Waals surface area (Å²) >= 11 is 0. The van der Waals surface area contributed by atoms with Gasteiger partial charge in [0.05, 0.1) is 18.9 Å². The van der Waals surface area contributed by atoms with Crippen LogP contribution < -0.4 is 11.1 Å². The Kier molecular flexibility index (Phi) is 6.29. The number of nitrogen functional groups attached to an aromatic ring is 1. The molecule has 1 heterocycles. The van der Waals surface area contributed by atoms with Crippen LogP contribution in [0.3, 0.4) is 0 Å². The van der Waals surface area contributed by atoms with E-state index < -0.39 is 0 Å². The Balaban J connectivity index is 2.05. The van der Waals surface area contributed by atoms with Gasteiger partial charge < -0.3 is 20.5 Å². The predicted octanol–water partition coefficient (Wildman–Crippen LogP) is 1.13. The zero-order valence-electron chi connectivity index (χ0n) is 9.61. The van der Waals surface area contributed by atoms with E-state index in [9.17, 15) is 0 Å². The monoisotopic (exact) mass is 225 g/mol. The molecular formula is C11H19N3O2. The highest BCUT2D eigenvalue weighted by Crippen LogP contribution is 2.12. The largest absolute Gasteiger partial charge is 0.396 e. The summed E-state index contributed by atoms with van der Waals surface area (Å²) in [7, 11) is 1.66. The number of ether oxygens (including phenoxy) is 2. The number of nitrogens with zero attached hydrogens (tertiary/aromatic N) is 1. The SMILES string of the molecule is COCCOCCCNc1ncccc1N. The molecule has 90 valence electrons. The minimum atomic E-state index is 0.640. The fourth-order valence-electron chi connectivity index (χ4n) is 1.19. The van der Waals surface area contributed by atoms with Gasteiger partial charge >= 0.3 is 0 Å². The van der Waals surface area contributed by atoms with Crippen LogP contribution in [0.1, 0.15) is 6.42 Å². The van der Waals surface area contributed by atoms with Crippen molar-refractivity contribution in [3.8, 4) is 0 Å². The molecule has 0 aromatic carbocycles. The predicted molar refractivity (Wildman–Crippen MR) is 64.5 cm³/mol. The second-order valence-electron chi connectivity index (χ2n) is 3.33. The number of hydrogen-bond acceptors (Lipinski definition) is 5. The molecule has 0 amide bonds. The van der Waals surface area contributed by atoms with Gasteiger partial charge in [-0.1, -0.05) is 0 Å². The number of aromatic nitrogens is 1. The lowest BCUT2D eigenvalue weighted by Crippen LogP contribution is -2.10. The van der Waals surface area contributed by atoms with Crippen LogP contribution in [0.5, 0.6) is 0 Å². The smallest absolute Gasteiger partial charge is 0.149 e. The van der Waals surface area contributed by atoms with E-state index in [4.69, 9.17) is 15.2 Å². The minimum Gasteiger partial charge on any atom is -0.396 e. The lowest BCUT2D eigenvalue weighted by Gasteiger charge is -2.07. The van der Waals surface area contributed by atoms with Crippen LogP contribution in [0.15, 0.2) is 18.3 Å². The highest BCUT2D eigenvalue weighted by molar-refractivity contribution is 5.60. The molecule has 1 aromatic heterocycles. The highest BCUT2D eigenvalue weighted by Gasteiger charge is 1.97. The van der Waals surface area contributed by atoms with E-state index in [-0.39, 0.29) is 0 Å². The van der Waals surface area contributed by atoms with E-state index >= 15 is 0 Å². The van der Waals surface area contributed by atoms with Crippen molar-refractivity contribution >= 4 is 11.5 Å². The Bertz CT molecular complexity index is 294. The second kappa shape index (κ2) is 7.90. The van der Waals surface area contributed by atoms with Gasteiger partial charge in [0.15, 0.2) is 0 Å². The van der Waals surface area contributed by atoms with Gasteiger partial charge in [-0.3, -0.25) is 0 Å².